The highest BCUT2D eigenvalue weighted by Gasteiger charge is 2.58. The Kier molecular flexibility index (Phi) is 5.38. The number of alkyl halides is 3. The lowest BCUT2D eigenvalue weighted by molar-refractivity contribution is -0.141. The van der Waals surface area contributed by atoms with Gasteiger partial charge in [0.1, 0.15) is 22.3 Å². The van der Waals surface area contributed by atoms with Crippen LogP contribution in [0.25, 0.3) is 0 Å². The average Bonchev–Trinajstić information content (AvgIpc) is 3.11. The van der Waals surface area contributed by atoms with Gasteiger partial charge in [-0.05, 0) is 31.0 Å². The fourth-order valence-corrected chi connectivity index (χ4v) is 6.09. The minimum absolute atomic E-state index is 0.0406. The first kappa shape index (κ1) is 23.6. The number of rotatable bonds is 3. The van der Waals surface area contributed by atoms with E-state index in [1.165, 1.54) is 19.2 Å². The number of carbonyl (C=O) groups excluding carboxylic acids is 1. The molecule has 2 atom stereocenters. The van der Waals surface area contributed by atoms with Gasteiger partial charge in [0.05, 0.1) is 12.4 Å². The third-order valence-electron chi connectivity index (χ3n) is 5.81. The summed E-state index contributed by atoms with van der Waals surface area (Å²) >= 11 is 0. The smallest absolute Gasteiger partial charge is 0.369 e. The number of hydrogen-bond donors (Lipinski definition) is 2. The summed E-state index contributed by atoms with van der Waals surface area (Å²) in [6.07, 6.45) is -3.27. The van der Waals surface area contributed by atoms with Gasteiger partial charge in [0.2, 0.25) is 16.0 Å². The van der Waals surface area contributed by atoms with Gasteiger partial charge in [-0.3, -0.25) is 4.79 Å². The number of carbonyl (C=O) groups is 1. The minimum Gasteiger partial charge on any atom is -0.369 e. The van der Waals surface area contributed by atoms with E-state index in [9.17, 15) is 26.4 Å². The van der Waals surface area contributed by atoms with Crippen LogP contribution >= 0.6 is 0 Å². The van der Waals surface area contributed by atoms with Gasteiger partial charge in [-0.1, -0.05) is 12.2 Å². The molecule has 2 aliphatic rings. The van der Waals surface area contributed by atoms with Crippen molar-refractivity contribution in [1.29, 1.82) is 0 Å². The normalized spacial score (nSPS) is 23.9. The molecule has 1 saturated carbocycles. The van der Waals surface area contributed by atoms with Crippen LogP contribution < -0.4 is 11.1 Å². The monoisotopic (exact) mass is 498 g/mol. The first-order valence-corrected chi connectivity index (χ1v) is 11.3. The van der Waals surface area contributed by atoms with Crippen molar-refractivity contribution in [2.24, 2.45) is 10.7 Å². The fourth-order valence-electron chi connectivity index (χ4n) is 4.14. The molecule has 1 aliphatic carbocycles. The van der Waals surface area contributed by atoms with Crippen LogP contribution in [0.5, 0.6) is 0 Å². The van der Waals surface area contributed by atoms with Crippen LogP contribution in [0.15, 0.2) is 47.7 Å². The van der Waals surface area contributed by atoms with E-state index in [0.29, 0.717) is 18.0 Å². The van der Waals surface area contributed by atoms with Gasteiger partial charge < -0.3 is 11.1 Å². The minimum atomic E-state index is -4.72. The standard InChI is InChI=1S/C20H18F4N6O3S/c1-10-5-6-19(16(10)34(32,33)30(2)18(25)29-19)12-7-11(3-4-13(12)21)28-17(31)14-8-27-15(9-26-14)20(22,23)24/h3-4,7-9,16H,1,5-6H2,2H3,(H2,25,29)(H,28,31)/t16-,19-/m1/s1. The summed E-state index contributed by atoms with van der Waals surface area (Å²) in [5, 5.41) is 1.13. The number of fused-ring (bicyclic) bond motifs is 1. The van der Waals surface area contributed by atoms with E-state index in [0.717, 1.165) is 10.4 Å². The van der Waals surface area contributed by atoms with E-state index >= 15 is 4.39 Å². The molecule has 9 nitrogen and oxygen atoms in total. The third kappa shape index (κ3) is 3.67. The highest BCUT2D eigenvalue weighted by molar-refractivity contribution is 7.90. The second kappa shape index (κ2) is 7.75. The van der Waals surface area contributed by atoms with E-state index in [1.807, 2.05) is 0 Å². The van der Waals surface area contributed by atoms with Crippen molar-refractivity contribution in [3.63, 3.8) is 0 Å². The van der Waals surface area contributed by atoms with Crippen molar-refractivity contribution in [2.45, 2.75) is 29.8 Å². The molecular formula is C20H18F4N6O3S. The topological polar surface area (TPSA) is 131 Å². The van der Waals surface area contributed by atoms with Crippen LogP contribution in [-0.2, 0) is 21.7 Å². The van der Waals surface area contributed by atoms with Crippen LogP contribution in [0.1, 0.15) is 34.6 Å². The van der Waals surface area contributed by atoms with Gasteiger partial charge in [-0.2, -0.15) is 13.2 Å². The van der Waals surface area contributed by atoms with E-state index in [-0.39, 0.29) is 30.1 Å². The van der Waals surface area contributed by atoms with Crippen molar-refractivity contribution in [2.75, 3.05) is 12.4 Å². The van der Waals surface area contributed by atoms with Crippen molar-refractivity contribution < 1.29 is 30.8 Å². The Balaban J connectivity index is 1.72. The van der Waals surface area contributed by atoms with E-state index < -0.39 is 50.1 Å². The Labute approximate surface area is 191 Å². The Hall–Kier alpha value is -3.55. The SMILES string of the molecule is C=C1CC[C@]2(c3cc(NC(=O)c4cnc(C(F)(F)F)cn4)ccc3F)N=C(N)N(C)S(=O)(=O)[C@H]12. The molecule has 0 saturated heterocycles. The molecule has 2 heterocycles. The number of nitrogens with zero attached hydrogens (tertiary/aromatic N) is 4. The number of sulfonamides is 1. The molecule has 1 fully saturated rings. The van der Waals surface area contributed by atoms with Gasteiger partial charge in [-0.25, -0.2) is 32.1 Å². The summed E-state index contributed by atoms with van der Waals surface area (Å²) in [6, 6.07) is 3.45. The lowest BCUT2D eigenvalue weighted by atomic mass is 9.87. The van der Waals surface area contributed by atoms with Crippen molar-refractivity contribution in [3.8, 4) is 0 Å². The van der Waals surface area contributed by atoms with Crippen LogP contribution in [0.3, 0.4) is 0 Å². The number of guanidine groups is 1. The van der Waals surface area contributed by atoms with E-state index in [1.54, 1.807) is 0 Å². The molecule has 180 valence electrons. The third-order valence-corrected chi connectivity index (χ3v) is 8.08. The predicted molar refractivity (Wildman–Crippen MR) is 114 cm³/mol. The molecular weight excluding hydrogens is 480 g/mol. The summed E-state index contributed by atoms with van der Waals surface area (Å²) in [5.41, 5.74) is 2.85. The Bertz CT molecular complexity index is 1330. The number of hydrogen-bond acceptors (Lipinski definition) is 7. The van der Waals surface area contributed by atoms with Crippen LogP contribution in [-0.4, -0.2) is 46.9 Å². The zero-order valence-electron chi connectivity index (χ0n) is 17.6. The molecule has 1 amide bonds. The Morgan fingerprint density at radius 3 is 2.62 bits per heavy atom. The molecule has 0 radical (unpaired) electrons. The maximum absolute atomic E-state index is 15.0. The molecule has 0 bridgehead atoms. The summed E-state index contributed by atoms with van der Waals surface area (Å²) in [6.45, 7) is 3.83. The zero-order valence-corrected chi connectivity index (χ0v) is 18.4. The summed E-state index contributed by atoms with van der Waals surface area (Å²) in [5.74, 6) is -1.99. The number of anilines is 1. The van der Waals surface area contributed by atoms with Gasteiger partial charge in [0.25, 0.3) is 5.91 Å². The second-order valence-electron chi connectivity index (χ2n) is 7.88. The van der Waals surface area contributed by atoms with Crippen LogP contribution in [0, 0.1) is 5.82 Å². The molecule has 4 rings (SSSR count). The molecule has 1 aromatic carbocycles. The highest BCUT2D eigenvalue weighted by atomic mass is 32.2. The van der Waals surface area contributed by atoms with Gasteiger partial charge in [0.15, 0.2) is 5.69 Å². The molecule has 2 aromatic rings. The zero-order chi connectivity index (χ0) is 25.1. The van der Waals surface area contributed by atoms with Crippen molar-refractivity contribution in [1.82, 2.24) is 14.3 Å². The number of aromatic nitrogens is 2. The second-order valence-corrected chi connectivity index (χ2v) is 9.93. The van der Waals surface area contributed by atoms with Crippen molar-refractivity contribution >= 4 is 27.6 Å². The maximum atomic E-state index is 15.0. The molecule has 0 unspecified atom stereocenters. The lowest BCUT2D eigenvalue weighted by Gasteiger charge is -2.39. The van der Waals surface area contributed by atoms with E-state index in [2.05, 4.69) is 26.9 Å². The Morgan fingerprint density at radius 1 is 1.29 bits per heavy atom. The number of nitrogens with two attached hydrogens (primary N) is 1. The molecule has 34 heavy (non-hydrogen) atoms. The van der Waals surface area contributed by atoms with Gasteiger partial charge in [0, 0.05) is 18.3 Å². The maximum Gasteiger partial charge on any atom is 0.434 e. The summed E-state index contributed by atoms with van der Waals surface area (Å²) in [4.78, 5) is 23.5. The van der Waals surface area contributed by atoms with Crippen LogP contribution in [0.2, 0.25) is 0 Å². The van der Waals surface area contributed by atoms with Gasteiger partial charge in [-0.15, -0.1) is 0 Å². The first-order valence-electron chi connectivity index (χ1n) is 9.79. The van der Waals surface area contributed by atoms with Gasteiger partial charge >= 0.3 is 6.18 Å². The fraction of sp³-hybridized carbons (Fsp3) is 0.300. The Morgan fingerprint density at radius 2 is 2.00 bits per heavy atom. The molecule has 1 aromatic heterocycles. The van der Waals surface area contributed by atoms with E-state index in [4.69, 9.17) is 5.73 Å². The highest BCUT2D eigenvalue weighted by Crippen LogP contribution is 2.51. The molecule has 1 aliphatic heterocycles. The van der Waals surface area contributed by atoms with Crippen molar-refractivity contribution in [3.05, 3.63) is 65.5 Å². The quantitative estimate of drug-likeness (QED) is 0.494. The van der Waals surface area contributed by atoms with Crippen LogP contribution in [0.4, 0.5) is 23.2 Å². The summed E-state index contributed by atoms with van der Waals surface area (Å²) in [7, 11) is -2.80. The largest absolute Gasteiger partial charge is 0.434 e. The first-order chi connectivity index (χ1) is 15.8. The number of benzene rings is 1. The average molecular weight is 498 g/mol. The lowest BCUT2D eigenvalue weighted by Crippen LogP contribution is -2.55. The molecule has 0 spiro atoms. The number of nitrogens with one attached hydrogen (secondary N) is 1. The molecule has 14 heteroatoms. The number of aliphatic imine (C=N–C) groups is 1. The summed E-state index contributed by atoms with van der Waals surface area (Å²) < 4.78 is 79.9. The number of halogens is 4. The predicted octanol–water partition coefficient (Wildman–Crippen LogP) is 2.39. The molecule has 3 N–H and O–H groups in total. The number of amides is 1.